The summed E-state index contributed by atoms with van der Waals surface area (Å²) in [7, 11) is 0. The van der Waals surface area contributed by atoms with E-state index in [0.29, 0.717) is 4.32 Å². The van der Waals surface area contributed by atoms with Crippen molar-refractivity contribution in [3.8, 4) is 0 Å². The van der Waals surface area contributed by atoms with Crippen LogP contribution in [0.4, 0.5) is 0 Å². The zero-order valence-electron chi connectivity index (χ0n) is 5.72. The van der Waals surface area contributed by atoms with Crippen LogP contribution in [0, 0.1) is 0 Å². The first-order chi connectivity index (χ1) is 3.77. The summed E-state index contributed by atoms with van der Waals surface area (Å²) in [6, 6.07) is 0. The summed E-state index contributed by atoms with van der Waals surface area (Å²) in [5, 5.41) is 0. The minimum atomic E-state index is 0. The number of rotatable bonds is 3. The van der Waals surface area contributed by atoms with Gasteiger partial charge in [0.15, 0.2) is 0 Å². The van der Waals surface area contributed by atoms with E-state index in [1.54, 1.807) is 11.8 Å². The van der Waals surface area contributed by atoms with E-state index >= 15 is 0 Å². The molecule has 1 nitrogen and oxygen atoms in total. The molecule has 4 heteroatoms. The van der Waals surface area contributed by atoms with Crippen molar-refractivity contribution in [1.82, 2.24) is 0 Å². The predicted molar refractivity (Wildman–Crippen MR) is 54.1 cm³/mol. The maximum atomic E-state index is 5.23. The number of nitrogens with two attached hydrogens (primary N) is 1. The number of thiocarbonyl (C=S) groups is 1. The molecule has 0 saturated carbocycles. The molecule has 0 atom stereocenters. The molecule has 0 aliphatic rings. The van der Waals surface area contributed by atoms with Crippen molar-refractivity contribution in [2.75, 3.05) is 5.75 Å². The van der Waals surface area contributed by atoms with E-state index < -0.39 is 0 Å². The first kappa shape index (κ1) is 12.8. The standard InChI is InChI=1S/C5H11NS2.Bi.3H/c1-2-3-4-8-5(6)7;;;;/h2-4H2,1H3,(H2,6,7);;;;. The molecule has 0 fully saturated rings. The van der Waals surface area contributed by atoms with Gasteiger partial charge in [0, 0.05) is 5.75 Å². The summed E-state index contributed by atoms with van der Waals surface area (Å²) in [6.07, 6.45) is 2.43. The van der Waals surface area contributed by atoms with E-state index in [0.717, 1.165) is 5.75 Å². The van der Waals surface area contributed by atoms with Crippen molar-refractivity contribution >= 4 is 54.5 Å². The molecular formula is C5H14BiNS2. The topological polar surface area (TPSA) is 26.0 Å². The summed E-state index contributed by atoms with van der Waals surface area (Å²) in [6.45, 7) is 2.15. The molecule has 0 saturated heterocycles. The zero-order valence-corrected chi connectivity index (χ0v) is 12.9. The Labute approximate surface area is 85.3 Å². The van der Waals surface area contributed by atoms with Gasteiger partial charge in [-0.15, -0.1) is 0 Å². The normalized spacial score (nSPS) is 8.11. The second-order valence-corrected chi connectivity index (χ2v) is 3.36. The van der Waals surface area contributed by atoms with Crippen molar-refractivity contribution in [3.05, 3.63) is 0 Å². The van der Waals surface area contributed by atoms with Gasteiger partial charge < -0.3 is 5.73 Å². The average molecular weight is 361 g/mol. The third-order valence-corrected chi connectivity index (χ3v) is 1.87. The van der Waals surface area contributed by atoms with Gasteiger partial charge in [-0.25, -0.2) is 0 Å². The third kappa shape index (κ3) is 12.3. The van der Waals surface area contributed by atoms with Gasteiger partial charge in [0.1, 0.15) is 4.32 Å². The molecule has 0 aromatic rings. The van der Waals surface area contributed by atoms with Crippen LogP contribution in [0.2, 0.25) is 0 Å². The fourth-order valence-electron chi connectivity index (χ4n) is 0.317. The van der Waals surface area contributed by atoms with Gasteiger partial charge >= 0.3 is 26.2 Å². The van der Waals surface area contributed by atoms with Crippen molar-refractivity contribution in [2.24, 2.45) is 5.73 Å². The van der Waals surface area contributed by atoms with Gasteiger partial charge in [-0.3, -0.25) is 0 Å². The summed E-state index contributed by atoms with van der Waals surface area (Å²) in [5.74, 6) is 1.08. The Morgan fingerprint density at radius 2 is 2.22 bits per heavy atom. The molecule has 0 aliphatic heterocycles. The van der Waals surface area contributed by atoms with E-state index in [4.69, 9.17) is 5.73 Å². The number of hydrogen-bond donors (Lipinski definition) is 1. The molecular weight excluding hydrogens is 347 g/mol. The molecule has 0 aromatic heterocycles. The van der Waals surface area contributed by atoms with Gasteiger partial charge in [0.05, 0.1) is 0 Å². The van der Waals surface area contributed by atoms with Crippen LogP contribution in [-0.2, 0) is 0 Å². The second kappa shape index (κ2) is 9.12. The Balaban J connectivity index is 0. The van der Waals surface area contributed by atoms with E-state index in [9.17, 15) is 0 Å². The molecule has 0 spiro atoms. The van der Waals surface area contributed by atoms with Gasteiger partial charge in [-0.1, -0.05) is 37.3 Å². The molecule has 0 amide bonds. The first-order valence-corrected chi connectivity index (χ1v) is 4.09. The van der Waals surface area contributed by atoms with E-state index in [2.05, 4.69) is 19.1 Å². The van der Waals surface area contributed by atoms with Gasteiger partial charge in [0.2, 0.25) is 0 Å². The molecule has 2 N–H and O–H groups in total. The van der Waals surface area contributed by atoms with Crippen LogP contribution in [0.1, 0.15) is 19.8 Å². The summed E-state index contributed by atoms with van der Waals surface area (Å²) >= 11 is 6.21. The minimum absolute atomic E-state index is 0. The van der Waals surface area contributed by atoms with E-state index in [1.807, 2.05) is 0 Å². The Bertz CT molecular complexity index is 77.4. The van der Waals surface area contributed by atoms with Crippen molar-refractivity contribution in [3.63, 3.8) is 0 Å². The van der Waals surface area contributed by atoms with Gasteiger partial charge in [-0.2, -0.15) is 0 Å². The van der Waals surface area contributed by atoms with Gasteiger partial charge in [0.25, 0.3) is 0 Å². The Morgan fingerprint density at radius 1 is 1.67 bits per heavy atom. The quantitative estimate of drug-likeness (QED) is 0.453. The Hall–Kier alpha value is 1.12. The number of unbranched alkanes of at least 4 members (excludes halogenated alkanes) is 1. The van der Waals surface area contributed by atoms with Crippen molar-refractivity contribution < 1.29 is 0 Å². The van der Waals surface area contributed by atoms with Crippen LogP contribution < -0.4 is 5.73 Å². The summed E-state index contributed by atoms with van der Waals surface area (Å²) in [5.41, 5.74) is 5.23. The molecule has 0 unspecified atom stereocenters. The number of hydrogen-bond acceptors (Lipinski definition) is 2. The predicted octanol–water partition coefficient (Wildman–Crippen LogP) is 0.579. The zero-order chi connectivity index (χ0) is 6.41. The molecule has 0 aliphatic carbocycles. The Morgan fingerprint density at radius 3 is 2.56 bits per heavy atom. The molecule has 0 rings (SSSR count). The SMILES string of the molecule is CCCCSC(N)=S.[BiH3]. The van der Waals surface area contributed by atoms with Crippen molar-refractivity contribution in [2.45, 2.75) is 19.8 Å². The second-order valence-electron chi connectivity index (χ2n) is 1.52. The fraction of sp³-hybridized carbons (Fsp3) is 0.800. The molecule has 56 valence electrons. The first-order valence-electron chi connectivity index (χ1n) is 2.69. The van der Waals surface area contributed by atoms with Crippen LogP contribution in [0.25, 0.3) is 0 Å². The molecule has 0 bridgehead atoms. The van der Waals surface area contributed by atoms with E-state index in [1.165, 1.54) is 12.8 Å². The molecule has 0 heterocycles. The Kier molecular flexibility index (Phi) is 12.9. The summed E-state index contributed by atoms with van der Waals surface area (Å²) < 4.78 is 0.568. The van der Waals surface area contributed by atoms with Crippen LogP contribution in [0.5, 0.6) is 0 Å². The number of thioether (sulfide) groups is 1. The van der Waals surface area contributed by atoms with Gasteiger partial charge in [-0.05, 0) is 6.42 Å². The average Bonchev–Trinajstić information content (AvgIpc) is 1.66. The monoisotopic (exact) mass is 361 g/mol. The molecule has 9 heavy (non-hydrogen) atoms. The summed E-state index contributed by atoms with van der Waals surface area (Å²) in [4.78, 5) is 0. The maximum absolute atomic E-state index is 5.23. The fourth-order valence-corrected chi connectivity index (χ4v) is 1.20. The van der Waals surface area contributed by atoms with Crippen LogP contribution >= 0.6 is 24.0 Å². The molecule has 0 aromatic carbocycles. The van der Waals surface area contributed by atoms with Crippen LogP contribution in [0.3, 0.4) is 0 Å². The van der Waals surface area contributed by atoms with E-state index in [-0.39, 0.29) is 26.2 Å². The van der Waals surface area contributed by atoms with Crippen molar-refractivity contribution in [1.29, 1.82) is 0 Å². The molecule has 0 radical (unpaired) electrons. The van der Waals surface area contributed by atoms with Crippen LogP contribution in [-0.4, -0.2) is 36.3 Å². The third-order valence-electron chi connectivity index (χ3n) is 0.742. The van der Waals surface area contributed by atoms with Crippen LogP contribution in [0.15, 0.2) is 0 Å².